The Balaban J connectivity index is 0.000000112. The summed E-state index contributed by atoms with van der Waals surface area (Å²) in [5.74, 6) is 4.36. The molecule has 0 saturated heterocycles. The van der Waals surface area contributed by atoms with Crippen molar-refractivity contribution in [1.82, 2.24) is 96.6 Å². The van der Waals surface area contributed by atoms with Gasteiger partial charge in [0.05, 0.1) is 106 Å². The molecule has 0 aliphatic carbocycles. The molecule has 31 heteroatoms. The van der Waals surface area contributed by atoms with Crippen LogP contribution in [0.4, 0.5) is 37.0 Å². The van der Waals surface area contributed by atoms with Gasteiger partial charge in [0.25, 0.3) is 0 Å². The predicted molar refractivity (Wildman–Crippen MR) is 440 cm³/mol. The van der Waals surface area contributed by atoms with Crippen LogP contribution >= 0.6 is 0 Å². The summed E-state index contributed by atoms with van der Waals surface area (Å²) >= 11 is 0. The van der Waals surface area contributed by atoms with Gasteiger partial charge in [-0.1, -0.05) is 12.1 Å². The van der Waals surface area contributed by atoms with Gasteiger partial charge in [-0.05, 0) is 142 Å². The summed E-state index contributed by atoms with van der Waals surface area (Å²) in [7, 11) is 5.75. The van der Waals surface area contributed by atoms with Gasteiger partial charge in [0.1, 0.15) is 45.9 Å². The standard InChI is InChI=1S/C23H25FN6O.C21H21FN6O.C21H19FN6O.C21H22N6O/c1-13(2)30-15(4)17(11-27-30)19-10-26-23(29-12-14(3)28-22(19)29)25-9-18-16-7-8-31-21(16)6-5-20(18)24;2*1-12-8-18(27(3)26-12)16-10-24-21(28-11-13(2)25-20(16)28)23-9-15-14-6-7-29-19(14)5-4-17(15)22;1-13-9-18(26(3)25-13)17-11-23-21(27-12-14(2)24-20(17)27)22-10-15-5-4-6-19-16(15)7-8-28-19/h5-6,10-13H,7-9H2,1-4H3,(H,25,26);4-5,8,10-11H,6-7,9H2,1-3H3,(H,23,24);4-8,10-11H,9H2,1-3H3,(H,23,24);4-6,9,11-12H,7-8,10H2,1-3H3,(H,22,23). The Kier molecular flexibility index (Phi) is 20.2. The van der Waals surface area contributed by atoms with Crippen molar-refractivity contribution in [2.24, 2.45) is 21.1 Å². The molecule has 0 spiro atoms. The molecule has 0 radical (unpaired) electrons. The van der Waals surface area contributed by atoms with E-state index < -0.39 is 0 Å². The molecular weight excluding hydrogens is 1490 g/mol. The Morgan fingerprint density at radius 2 is 0.795 bits per heavy atom. The Bertz CT molecular complexity index is 6670. The number of anilines is 4. The van der Waals surface area contributed by atoms with E-state index in [0.717, 1.165) is 179 Å². The van der Waals surface area contributed by atoms with E-state index in [1.165, 1.54) is 29.3 Å². The van der Waals surface area contributed by atoms with E-state index in [1.54, 1.807) is 42.9 Å². The Morgan fingerprint density at radius 1 is 0.410 bits per heavy atom. The number of fused-ring (bicyclic) bond motifs is 8. The average molecular weight is 1580 g/mol. The molecule has 0 bridgehead atoms. The molecule has 13 aromatic heterocycles. The third-order valence-corrected chi connectivity index (χ3v) is 21.2. The monoisotopic (exact) mass is 1580 g/mol. The first-order valence-electron chi connectivity index (χ1n) is 38.7. The van der Waals surface area contributed by atoms with Crippen molar-refractivity contribution in [3.05, 3.63) is 243 Å². The highest BCUT2D eigenvalue weighted by atomic mass is 19.1. The second-order valence-electron chi connectivity index (χ2n) is 29.8. The van der Waals surface area contributed by atoms with Gasteiger partial charge in [-0.2, -0.15) is 20.4 Å². The molecule has 0 unspecified atom stereocenters. The zero-order valence-electron chi connectivity index (χ0n) is 67.1. The fraction of sp³-hybridized carbons (Fsp3) is 0.279. The van der Waals surface area contributed by atoms with Crippen molar-refractivity contribution in [1.29, 1.82) is 0 Å². The van der Waals surface area contributed by atoms with Crippen LogP contribution in [0.5, 0.6) is 17.2 Å². The normalized spacial score (nSPS) is 12.7. The summed E-state index contributed by atoms with van der Waals surface area (Å²) in [6.45, 7) is 23.5. The van der Waals surface area contributed by atoms with Crippen LogP contribution in [0.1, 0.15) is 104 Å². The van der Waals surface area contributed by atoms with E-state index in [9.17, 15) is 13.2 Å². The lowest BCUT2D eigenvalue weighted by atomic mass is 10.0. The van der Waals surface area contributed by atoms with Gasteiger partial charge in [0.2, 0.25) is 23.8 Å². The molecule has 596 valence electrons. The smallest absolute Gasteiger partial charge is 0.208 e. The van der Waals surface area contributed by atoms with Gasteiger partial charge < -0.3 is 39.9 Å². The molecule has 0 saturated carbocycles. The molecule has 4 N–H and O–H groups in total. The molecular formula is C86H87F3N24O4. The number of furan rings is 1. The van der Waals surface area contributed by atoms with E-state index in [-0.39, 0.29) is 30.0 Å². The van der Waals surface area contributed by atoms with Crippen molar-refractivity contribution in [2.45, 2.75) is 121 Å². The second kappa shape index (κ2) is 31.1. The zero-order chi connectivity index (χ0) is 81.2. The lowest BCUT2D eigenvalue weighted by molar-refractivity contribution is 0.356. The van der Waals surface area contributed by atoms with E-state index >= 15 is 0 Å². The minimum atomic E-state index is -0.286. The third-order valence-electron chi connectivity index (χ3n) is 21.2. The van der Waals surface area contributed by atoms with Crippen LogP contribution < -0.4 is 35.5 Å². The SMILES string of the molecule is Cc1cn2c(NCc3c(F)ccc4c3CCO4)ncc(-c3cc(C)nn3C)c2n1.Cc1cn2c(NCc3c(F)ccc4c3CCO4)ncc(-c3cnn(C(C)C)c3C)c2n1.Cc1cn2c(NCc3c(F)ccc4occc34)ncc(-c3cc(C)nn3C)c2n1.Cc1cn2c(NCc3cccc4c3CCO4)ncc(-c3cc(C)nn3C)c2n1. The fourth-order valence-corrected chi connectivity index (χ4v) is 15.8. The van der Waals surface area contributed by atoms with Crippen LogP contribution in [0.2, 0.25) is 0 Å². The number of aryl methyl sites for hydroxylation is 10. The number of nitrogens with one attached hydrogen (secondary N) is 4. The molecule has 20 rings (SSSR count). The summed E-state index contributed by atoms with van der Waals surface area (Å²) in [6, 6.07) is 23.7. The van der Waals surface area contributed by atoms with Crippen LogP contribution in [-0.2, 0) is 66.6 Å². The first-order valence-corrected chi connectivity index (χ1v) is 38.7. The van der Waals surface area contributed by atoms with Gasteiger partial charge in [0, 0.05) is 178 Å². The summed E-state index contributed by atoms with van der Waals surface area (Å²) in [4.78, 5) is 37.3. The largest absolute Gasteiger partial charge is 0.493 e. The summed E-state index contributed by atoms with van der Waals surface area (Å²) < 4.78 is 80.8. The molecule has 0 amide bonds. The van der Waals surface area contributed by atoms with Crippen molar-refractivity contribution < 1.29 is 31.8 Å². The van der Waals surface area contributed by atoms with E-state index in [1.807, 2.05) is 174 Å². The predicted octanol–water partition coefficient (Wildman–Crippen LogP) is 15.4. The summed E-state index contributed by atoms with van der Waals surface area (Å²) in [5, 5.41) is 31.9. The van der Waals surface area contributed by atoms with Crippen LogP contribution in [0, 0.1) is 72.8 Å². The molecule has 3 aliphatic heterocycles. The maximum absolute atomic E-state index is 14.5. The number of halogens is 3. The number of benzene rings is 4. The zero-order valence-corrected chi connectivity index (χ0v) is 67.1. The van der Waals surface area contributed by atoms with Gasteiger partial charge in [0.15, 0.2) is 16.9 Å². The maximum Gasteiger partial charge on any atom is 0.208 e. The van der Waals surface area contributed by atoms with Crippen LogP contribution in [0.15, 0.2) is 145 Å². The number of aromatic nitrogens is 20. The highest BCUT2D eigenvalue weighted by Gasteiger charge is 2.26. The quantitative estimate of drug-likeness (QED) is 0.0659. The molecule has 0 atom stereocenters. The van der Waals surface area contributed by atoms with Crippen LogP contribution in [0.25, 0.3) is 78.5 Å². The number of hydrogen-bond donors (Lipinski definition) is 4. The van der Waals surface area contributed by atoms with E-state index in [2.05, 4.69) is 99.5 Å². The Labute approximate surface area is 670 Å². The topological polar surface area (TPSA) is 281 Å². The molecule has 0 fully saturated rings. The molecule has 117 heavy (non-hydrogen) atoms. The Hall–Kier alpha value is -13.9. The van der Waals surface area contributed by atoms with E-state index in [4.69, 9.17) is 33.6 Å². The summed E-state index contributed by atoms with van der Waals surface area (Å²) in [5.41, 5.74) is 25.1. The van der Waals surface area contributed by atoms with Crippen molar-refractivity contribution in [2.75, 3.05) is 41.1 Å². The lowest BCUT2D eigenvalue weighted by Crippen LogP contribution is -2.10. The lowest BCUT2D eigenvalue weighted by Gasteiger charge is -2.13. The highest BCUT2D eigenvalue weighted by Crippen LogP contribution is 2.37. The minimum absolute atomic E-state index is 0.233. The van der Waals surface area contributed by atoms with E-state index in [0.29, 0.717) is 73.0 Å². The van der Waals surface area contributed by atoms with Gasteiger partial charge in [-0.3, -0.25) is 36.3 Å². The summed E-state index contributed by atoms with van der Waals surface area (Å²) in [6.07, 6.45) is 20.8. The van der Waals surface area contributed by atoms with Crippen molar-refractivity contribution >= 4 is 57.4 Å². The van der Waals surface area contributed by atoms with Gasteiger partial charge >= 0.3 is 0 Å². The molecule has 3 aliphatic rings. The minimum Gasteiger partial charge on any atom is -0.493 e. The number of imidazole rings is 4. The van der Waals surface area contributed by atoms with Crippen molar-refractivity contribution in [3.8, 4) is 62.1 Å². The number of hydrogen-bond acceptors (Lipinski definition) is 20. The number of ether oxygens (including phenoxy) is 3. The van der Waals surface area contributed by atoms with Crippen LogP contribution in [0.3, 0.4) is 0 Å². The van der Waals surface area contributed by atoms with Gasteiger partial charge in [-0.25, -0.2) is 53.0 Å². The fourth-order valence-electron chi connectivity index (χ4n) is 15.8. The second-order valence-corrected chi connectivity index (χ2v) is 29.8. The molecule has 16 heterocycles. The molecule has 28 nitrogen and oxygen atoms in total. The molecule has 4 aromatic carbocycles. The number of rotatable bonds is 17. The van der Waals surface area contributed by atoms with Gasteiger partial charge in [-0.15, -0.1) is 0 Å². The maximum atomic E-state index is 14.5. The number of nitrogens with zero attached hydrogens (tertiary/aromatic N) is 20. The first kappa shape index (κ1) is 75.8. The third kappa shape index (κ3) is 14.7. The first-order chi connectivity index (χ1) is 56.5. The highest BCUT2D eigenvalue weighted by molar-refractivity contribution is 5.83. The van der Waals surface area contributed by atoms with Crippen LogP contribution in [-0.4, -0.2) is 116 Å². The van der Waals surface area contributed by atoms with Crippen molar-refractivity contribution in [3.63, 3.8) is 0 Å². The molecule has 17 aromatic rings. The Morgan fingerprint density at radius 3 is 1.21 bits per heavy atom. The average Bonchev–Trinajstić information content (AvgIpc) is 1.64.